The van der Waals surface area contributed by atoms with Crippen LogP contribution in [0.2, 0.25) is 0 Å². The Morgan fingerprint density at radius 1 is 0.565 bits per heavy atom. The van der Waals surface area contributed by atoms with Crippen LogP contribution in [0.15, 0.2) is 156 Å². The van der Waals surface area contributed by atoms with Crippen molar-refractivity contribution in [3.8, 4) is 22.4 Å². The van der Waals surface area contributed by atoms with E-state index < -0.39 is 5.97 Å². The first kappa shape index (κ1) is 44.1. The van der Waals surface area contributed by atoms with Crippen LogP contribution in [-0.2, 0) is 24.3 Å². The number of aromatic nitrogens is 3. The third-order valence-corrected chi connectivity index (χ3v) is 9.73. The van der Waals surface area contributed by atoms with Gasteiger partial charge in [-0.15, -0.1) is 0 Å². The quantitative estimate of drug-likeness (QED) is 0.128. The second kappa shape index (κ2) is 19.8. The van der Waals surface area contributed by atoms with Crippen molar-refractivity contribution in [3.05, 3.63) is 190 Å². The molecule has 304 valence electrons. The van der Waals surface area contributed by atoms with Crippen LogP contribution in [0.3, 0.4) is 0 Å². The van der Waals surface area contributed by atoms with Crippen LogP contribution < -0.4 is 15.6 Å². The number of carbonyl (C=O) groups is 3. The molecule has 0 saturated heterocycles. The zero-order valence-corrected chi connectivity index (χ0v) is 37.9. The summed E-state index contributed by atoms with van der Waals surface area (Å²) in [6.07, 6.45) is 0. The average Bonchev–Trinajstić information content (AvgIpc) is 3.78. The number of amides is 2. The van der Waals surface area contributed by atoms with Gasteiger partial charge in [-0.25, -0.2) is 4.99 Å². The van der Waals surface area contributed by atoms with Gasteiger partial charge in [0.2, 0.25) is 5.91 Å². The van der Waals surface area contributed by atoms with Crippen LogP contribution in [0.5, 0.6) is 0 Å². The third-order valence-electron chi connectivity index (χ3n) is 9.73. The number of benzene rings is 4. The van der Waals surface area contributed by atoms with Crippen molar-refractivity contribution in [2.24, 2.45) is 9.98 Å². The number of rotatable bonds is 8. The van der Waals surface area contributed by atoms with E-state index in [1.54, 1.807) is 12.1 Å². The van der Waals surface area contributed by atoms with Crippen LogP contribution in [0.25, 0.3) is 33.5 Å². The van der Waals surface area contributed by atoms with E-state index in [-0.39, 0.29) is 31.3 Å². The van der Waals surface area contributed by atoms with Gasteiger partial charge in [-0.3, -0.25) is 24.4 Å². The van der Waals surface area contributed by atoms with E-state index in [1.807, 2.05) is 161 Å². The van der Waals surface area contributed by atoms with Crippen LogP contribution >= 0.6 is 0 Å². The normalized spacial score (nSPS) is 12.5. The number of anilines is 1. The molecule has 8 rings (SSSR count). The molecule has 0 radical (unpaired) electrons. The first-order valence-corrected chi connectivity index (χ1v) is 19.5. The predicted octanol–water partition coefficient (Wildman–Crippen LogP) is 9.83. The van der Waals surface area contributed by atoms with Gasteiger partial charge in [0.25, 0.3) is 11.9 Å². The summed E-state index contributed by atoms with van der Waals surface area (Å²) in [5.74, 6) is -0.211. The largest absolute Gasteiger partial charge is 0.481 e. The SMILES string of the molecule is CC(=O)O.Cc1cccc(C2=C(c3ccccc3)C(=Nc3[n-]c(NC(=O)c4ccccc4C)c(-c4cccc(C)n4)c3-c3ccccc3)N=C2NC(=O)c2ccccc2C)n1.[Zn]. The van der Waals surface area contributed by atoms with E-state index in [1.165, 1.54) is 0 Å². The Kier molecular flexibility index (Phi) is 14.1. The minimum atomic E-state index is -0.833. The maximum absolute atomic E-state index is 14.0. The van der Waals surface area contributed by atoms with Crippen molar-refractivity contribution in [2.75, 3.05) is 5.32 Å². The van der Waals surface area contributed by atoms with Gasteiger partial charge in [0.05, 0.1) is 22.8 Å². The van der Waals surface area contributed by atoms with Crippen molar-refractivity contribution in [3.63, 3.8) is 0 Å². The molecular formula is C50H42N7O4Zn-. The van der Waals surface area contributed by atoms with Crippen molar-refractivity contribution >= 4 is 52.2 Å². The number of carboxylic acids is 1. The second-order valence-electron chi connectivity index (χ2n) is 14.3. The van der Waals surface area contributed by atoms with Crippen molar-refractivity contribution < 1.29 is 39.0 Å². The number of aliphatic imine (C=N–C) groups is 2. The summed E-state index contributed by atoms with van der Waals surface area (Å²) in [5.41, 5.74) is 9.76. The molecule has 7 aromatic rings. The van der Waals surface area contributed by atoms with Gasteiger partial charge in [0.15, 0.2) is 0 Å². The van der Waals surface area contributed by atoms with E-state index in [9.17, 15) is 9.59 Å². The summed E-state index contributed by atoms with van der Waals surface area (Å²) in [6, 6.07) is 45.9. The molecule has 11 nitrogen and oxygen atoms in total. The number of aliphatic carboxylic acids is 1. The fraction of sp³-hybridized carbons (Fsp3) is 0.100. The van der Waals surface area contributed by atoms with Crippen LogP contribution in [0.1, 0.15) is 61.4 Å². The number of carboxylic acid groups (broad SMARTS) is 1. The second-order valence-corrected chi connectivity index (χ2v) is 14.3. The minimum absolute atomic E-state index is 0. The molecule has 0 unspecified atom stereocenters. The van der Waals surface area contributed by atoms with Gasteiger partial charge in [-0.2, -0.15) is 0 Å². The zero-order chi connectivity index (χ0) is 43.0. The molecule has 4 aromatic carbocycles. The predicted molar refractivity (Wildman–Crippen MR) is 241 cm³/mol. The summed E-state index contributed by atoms with van der Waals surface area (Å²) in [7, 11) is 0. The van der Waals surface area contributed by atoms with Crippen LogP contribution in [0, 0.1) is 27.7 Å². The first-order chi connectivity index (χ1) is 29.5. The van der Waals surface area contributed by atoms with E-state index >= 15 is 0 Å². The van der Waals surface area contributed by atoms with Gasteiger partial charge < -0.3 is 25.7 Å². The van der Waals surface area contributed by atoms with E-state index in [4.69, 9.17) is 34.8 Å². The van der Waals surface area contributed by atoms with Gasteiger partial charge in [0, 0.05) is 77.3 Å². The molecule has 0 spiro atoms. The molecule has 0 fully saturated rings. The molecule has 1 aliphatic heterocycles. The average molecular weight is 870 g/mol. The summed E-state index contributed by atoms with van der Waals surface area (Å²) in [5, 5.41) is 13.6. The van der Waals surface area contributed by atoms with E-state index in [0.29, 0.717) is 68.1 Å². The molecule has 62 heavy (non-hydrogen) atoms. The number of nitrogens with one attached hydrogen (secondary N) is 2. The van der Waals surface area contributed by atoms with E-state index in [2.05, 4.69) is 10.6 Å². The molecule has 0 atom stereocenters. The number of pyridine rings is 2. The number of amidine groups is 2. The topological polar surface area (TPSA) is 160 Å². The summed E-state index contributed by atoms with van der Waals surface area (Å²) >= 11 is 0. The molecule has 3 aromatic heterocycles. The van der Waals surface area contributed by atoms with Crippen LogP contribution in [-0.4, -0.2) is 44.5 Å². The number of hydrogen-bond acceptors (Lipinski definition) is 6. The zero-order valence-electron chi connectivity index (χ0n) is 35.0. The molecule has 3 N–H and O–H groups in total. The molecule has 12 heteroatoms. The molecule has 0 bridgehead atoms. The van der Waals surface area contributed by atoms with Crippen molar-refractivity contribution in [1.82, 2.24) is 20.3 Å². The molecule has 2 amide bonds. The van der Waals surface area contributed by atoms with Gasteiger partial charge in [-0.05, 0) is 80.3 Å². The number of aryl methyl sites for hydroxylation is 4. The Balaban J connectivity index is 0.00000123. The Labute approximate surface area is 372 Å². The minimum Gasteiger partial charge on any atom is -0.481 e. The van der Waals surface area contributed by atoms with Gasteiger partial charge in [-0.1, -0.05) is 115 Å². The Morgan fingerprint density at radius 3 is 1.60 bits per heavy atom. The maximum atomic E-state index is 14.0. The number of carbonyl (C=O) groups excluding carboxylic acids is 2. The standard InChI is InChI=1S/C48H39N7O2.C2H4O2.Zn/c1-29-17-11-13-25-35(29)47(56)54-45-41(37-27-15-19-31(3)49-37)39(33-21-7-5-8-22-33)43(52-45)51-44-40(34-23-9-6-10-24-34)42(38-28-16-20-32(4)50-38)46(53-44)55-48(57)36-26-14-12-18-30(36)2;1-2(3)4;/h5-28H,1-4H3,(H3,49,50,51,52,53,54,55,56,57);1H3,(H,3,4);/p-1. The first-order valence-electron chi connectivity index (χ1n) is 19.5. The fourth-order valence-corrected chi connectivity index (χ4v) is 6.96. The monoisotopic (exact) mass is 868 g/mol. The summed E-state index contributed by atoms with van der Waals surface area (Å²) in [4.78, 5) is 62.1. The molecule has 4 heterocycles. The Morgan fingerprint density at radius 2 is 1.05 bits per heavy atom. The number of nitrogens with zero attached hydrogens (tertiary/aromatic N) is 5. The van der Waals surface area contributed by atoms with Gasteiger partial charge >= 0.3 is 0 Å². The van der Waals surface area contributed by atoms with Crippen molar-refractivity contribution in [1.29, 1.82) is 0 Å². The maximum Gasteiger partial charge on any atom is 0.300 e. The smallest absolute Gasteiger partial charge is 0.300 e. The summed E-state index contributed by atoms with van der Waals surface area (Å²) < 4.78 is 0. The number of hydrogen-bond donors (Lipinski definition) is 3. The molecule has 0 saturated carbocycles. The molecule has 0 aliphatic carbocycles. The summed E-state index contributed by atoms with van der Waals surface area (Å²) in [6.45, 7) is 8.73. The molecular weight excluding hydrogens is 828 g/mol. The van der Waals surface area contributed by atoms with Gasteiger partial charge in [0.1, 0.15) is 5.84 Å². The van der Waals surface area contributed by atoms with Crippen molar-refractivity contribution in [2.45, 2.75) is 34.6 Å². The van der Waals surface area contributed by atoms with E-state index in [0.717, 1.165) is 40.6 Å². The fourth-order valence-electron chi connectivity index (χ4n) is 6.96. The van der Waals surface area contributed by atoms with Crippen LogP contribution in [0.4, 0.5) is 11.6 Å². The third kappa shape index (κ3) is 9.95. The molecule has 1 aliphatic rings. The Hall–Kier alpha value is -7.43. The Bertz CT molecular complexity index is 2880.